The number of amides is 2. The average Bonchev–Trinajstić information content (AvgIpc) is 3.46. The van der Waals surface area contributed by atoms with Crippen molar-refractivity contribution in [3.05, 3.63) is 82.2 Å². The number of carbonyl (C=O) groups is 2. The molecule has 1 aromatic heterocycles. The van der Waals surface area contributed by atoms with Crippen molar-refractivity contribution < 1.29 is 27.5 Å². The Morgan fingerprint density at radius 3 is 2.27 bits per heavy atom. The lowest BCUT2D eigenvalue weighted by atomic mass is 10.0. The summed E-state index contributed by atoms with van der Waals surface area (Å²) in [4.78, 5) is 30.7. The second kappa shape index (κ2) is 14.3. The van der Waals surface area contributed by atoms with Crippen LogP contribution in [-0.4, -0.2) is 60.1 Å². The third-order valence-electron chi connectivity index (χ3n) is 7.50. The van der Waals surface area contributed by atoms with Gasteiger partial charge in [0.2, 0.25) is 0 Å². The zero-order valence-electron chi connectivity index (χ0n) is 29.3. The number of halogens is 1. The van der Waals surface area contributed by atoms with Crippen LogP contribution < -0.4 is 5.32 Å². The summed E-state index contributed by atoms with van der Waals surface area (Å²) in [6.07, 6.45) is 2.65. The van der Waals surface area contributed by atoms with E-state index in [4.69, 9.17) is 14.5 Å². The molecule has 2 aromatic carbocycles. The zero-order chi connectivity index (χ0) is 35.7. The predicted octanol–water partition coefficient (Wildman–Crippen LogP) is 7.74. The van der Waals surface area contributed by atoms with E-state index in [1.165, 1.54) is 0 Å². The number of nitrogens with one attached hydrogen (secondary N) is 1. The van der Waals surface area contributed by atoms with Gasteiger partial charge >= 0.3 is 6.09 Å². The minimum atomic E-state index is -4.06. The Labute approximate surface area is 294 Å². The van der Waals surface area contributed by atoms with Gasteiger partial charge in [0, 0.05) is 37.2 Å². The lowest BCUT2D eigenvalue weighted by molar-refractivity contribution is -0.123. The topological polar surface area (TPSA) is 120 Å². The molecule has 1 aliphatic heterocycles. The number of alkyl carbamates (subject to hydrolysis) is 1. The fourth-order valence-electron chi connectivity index (χ4n) is 5.32. The van der Waals surface area contributed by atoms with Gasteiger partial charge in [-0.1, -0.05) is 78.0 Å². The van der Waals surface area contributed by atoms with Crippen LogP contribution in [-0.2, 0) is 37.4 Å². The number of nitrogens with zero attached hydrogens (tertiary/aromatic N) is 3. The first kappa shape index (κ1) is 37.6. The number of carbonyl (C=O) groups excluding carboxylic acids is 2. The van der Waals surface area contributed by atoms with Gasteiger partial charge in [-0.25, -0.2) is 22.5 Å². The SMILES string of the molecule is CC(C)(C)OC(=O)N[C@@H](Cc1ccc(C2=CC(=O)N(C(C)(C)C)S2(=O)=O)c(Br)c1)c1ncc(-c2ccccc2)n1COCC[Si](C)(C)C. The van der Waals surface area contributed by atoms with Gasteiger partial charge in [0.05, 0.1) is 23.5 Å². The molecule has 48 heavy (non-hydrogen) atoms. The Hall–Kier alpha value is -3.26. The molecule has 0 unspecified atom stereocenters. The van der Waals surface area contributed by atoms with E-state index in [0.717, 1.165) is 33.2 Å². The summed E-state index contributed by atoms with van der Waals surface area (Å²) >= 11 is 3.56. The first-order valence-corrected chi connectivity index (χ1v) is 21.9. The number of ether oxygens (including phenoxy) is 2. The second-order valence-electron chi connectivity index (χ2n) is 15.1. The van der Waals surface area contributed by atoms with Gasteiger partial charge < -0.3 is 19.4 Å². The van der Waals surface area contributed by atoms with Gasteiger partial charge in [-0.3, -0.25) is 4.79 Å². The van der Waals surface area contributed by atoms with Gasteiger partial charge in [-0.2, -0.15) is 0 Å². The van der Waals surface area contributed by atoms with E-state index < -0.39 is 47.3 Å². The molecule has 2 heterocycles. The zero-order valence-corrected chi connectivity index (χ0v) is 32.7. The Morgan fingerprint density at radius 2 is 1.71 bits per heavy atom. The molecular weight excluding hydrogens is 712 g/mol. The van der Waals surface area contributed by atoms with Gasteiger partial charge in [0.15, 0.2) is 0 Å². The quantitative estimate of drug-likeness (QED) is 0.157. The molecule has 1 atom stereocenters. The third-order valence-corrected chi connectivity index (χ3v) is 12.0. The minimum Gasteiger partial charge on any atom is -0.444 e. The van der Waals surface area contributed by atoms with Crippen molar-refractivity contribution in [2.75, 3.05) is 6.61 Å². The average molecular weight is 760 g/mol. The van der Waals surface area contributed by atoms with Gasteiger partial charge in [0.1, 0.15) is 23.1 Å². The summed E-state index contributed by atoms with van der Waals surface area (Å²) in [6.45, 7) is 18.2. The summed E-state index contributed by atoms with van der Waals surface area (Å²) in [7, 11) is -5.38. The van der Waals surface area contributed by atoms with Crippen molar-refractivity contribution in [3.63, 3.8) is 0 Å². The molecule has 0 fully saturated rings. The molecule has 260 valence electrons. The van der Waals surface area contributed by atoms with Gasteiger partial charge in [0.25, 0.3) is 15.9 Å². The molecular formula is C35H47BrN4O6SSi. The van der Waals surface area contributed by atoms with E-state index in [9.17, 15) is 18.0 Å². The van der Waals surface area contributed by atoms with E-state index in [1.54, 1.807) is 65.9 Å². The van der Waals surface area contributed by atoms with Crippen LogP contribution in [0.4, 0.5) is 4.79 Å². The van der Waals surface area contributed by atoms with Crippen LogP contribution in [0.15, 0.2) is 65.3 Å². The fraction of sp³-hybridized carbons (Fsp3) is 0.457. The number of sulfonamides is 1. The van der Waals surface area contributed by atoms with E-state index in [2.05, 4.69) is 40.9 Å². The van der Waals surface area contributed by atoms with Crippen LogP contribution in [0.2, 0.25) is 25.7 Å². The number of imidazole rings is 1. The second-order valence-corrected chi connectivity index (χ2v) is 23.4. The molecule has 4 rings (SSSR count). The van der Waals surface area contributed by atoms with Crippen molar-refractivity contribution in [1.29, 1.82) is 0 Å². The summed E-state index contributed by atoms with van der Waals surface area (Å²) in [5, 5.41) is 3.02. The van der Waals surface area contributed by atoms with Crippen molar-refractivity contribution in [3.8, 4) is 11.3 Å². The Bertz CT molecular complexity index is 1790. The summed E-state index contributed by atoms with van der Waals surface area (Å²) in [5.41, 5.74) is 1.33. The molecule has 13 heteroatoms. The molecule has 0 saturated heterocycles. The van der Waals surface area contributed by atoms with Crippen molar-refractivity contribution >= 4 is 50.9 Å². The largest absolute Gasteiger partial charge is 0.444 e. The molecule has 0 radical (unpaired) electrons. The summed E-state index contributed by atoms with van der Waals surface area (Å²) in [5.74, 6) is 0.00336. The van der Waals surface area contributed by atoms with Crippen LogP contribution >= 0.6 is 15.9 Å². The lowest BCUT2D eigenvalue weighted by Crippen LogP contribution is -2.45. The predicted molar refractivity (Wildman–Crippen MR) is 195 cm³/mol. The molecule has 0 saturated carbocycles. The van der Waals surface area contributed by atoms with Gasteiger partial charge in [-0.05, 0) is 64.8 Å². The third kappa shape index (κ3) is 9.24. The number of benzene rings is 2. The smallest absolute Gasteiger partial charge is 0.408 e. The van der Waals surface area contributed by atoms with Crippen LogP contribution in [0.5, 0.6) is 0 Å². The molecule has 3 aromatic rings. The van der Waals surface area contributed by atoms with Crippen LogP contribution in [0.1, 0.15) is 64.5 Å². The maximum Gasteiger partial charge on any atom is 0.408 e. The van der Waals surface area contributed by atoms with Crippen LogP contribution in [0.25, 0.3) is 16.2 Å². The first-order valence-electron chi connectivity index (χ1n) is 16.0. The highest BCUT2D eigenvalue weighted by molar-refractivity contribution is 9.10. The summed E-state index contributed by atoms with van der Waals surface area (Å²) in [6, 6.07) is 15.5. The lowest BCUT2D eigenvalue weighted by Gasteiger charge is -2.30. The van der Waals surface area contributed by atoms with Crippen LogP contribution in [0, 0.1) is 0 Å². The van der Waals surface area contributed by atoms with E-state index >= 15 is 0 Å². The molecule has 10 nitrogen and oxygen atoms in total. The fourth-order valence-corrected chi connectivity index (χ4v) is 8.77. The molecule has 0 bridgehead atoms. The normalized spacial score (nSPS) is 15.8. The van der Waals surface area contributed by atoms with Gasteiger partial charge in [-0.15, -0.1) is 0 Å². The highest BCUT2D eigenvalue weighted by Gasteiger charge is 2.44. The Balaban J connectivity index is 1.72. The maximum absolute atomic E-state index is 13.4. The number of rotatable bonds is 11. The highest BCUT2D eigenvalue weighted by atomic mass is 79.9. The Morgan fingerprint density at radius 1 is 1.04 bits per heavy atom. The van der Waals surface area contributed by atoms with E-state index in [0.29, 0.717) is 28.9 Å². The van der Waals surface area contributed by atoms with E-state index in [1.807, 2.05) is 34.9 Å². The molecule has 0 spiro atoms. The van der Waals surface area contributed by atoms with Crippen molar-refractivity contribution in [2.24, 2.45) is 0 Å². The van der Waals surface area contributed by atoms with Crippen LogP contribution in [0.3, 0.4) is 0 Å². The van der Waals surface area contributed by atoms with E-state index in [-0.39, 0.29) is 11.6 Å². The minimum absolute atomic E-state index is 0.0669. The number of hydrogen-bond acceptors (Lipinski definition) is 7. The maximum atomic E-state index is 13.4. The van der Waals surface area contributed by atoms with Crippen molar-refractivity contribution in [2.45, 2.75) is 97.6 Å². The molecule has 0 aliphatic carbocycles. The highest BCUT2D eigenvalue weighted by Crippen LogP contribution is 2.39. The number of hydrogen-bond donors (Lipinski definition) is 1. The monoisotopic (exact) mass is 758 g/mol. The summed E-state index contributed by atoms with van der Waals surface area (Å²) < 4.78 is 42.1. The number of aromatic nitrogens is 2. The Kier molecular flexibility index (Phi) is 11.2. The molecule has 2 amide bonds. The standard InChI is InChI=1S/C35H47BrN4O6SSi/c1-34(2,3)40-31(41)21-30(47(40,43)44)26-16-15-24(19-27(26)36)20-28(38-33(42)46-35(4,5)6)32-37-22-29(25-13-11-10-12-14-25)39(32)23-45-17-18-48(7,8)9/h10-16,19,21-22,28H,17-18,20,23H2,1-9H3,(H,38,42)/t28-/m0/s1. The van der Waals surface area contributed by atoms with Crippen molar-refractivity contribution in [1.82, 2.24) is 19.2 Å². The molecule has 1 N–H and O–H groups in total. The first-order chi connectivity index (χ1) is 22.2. The molecule has 1 aliphatic rings.